The van der Waals surface area contributed by atoms with E-state index < -0.39 is 29.6 Å². The number of hydrogen-bond acceptors (Lipinski definition) is 8. The van der Waals surface area contributed by atoms with Gasteiger partial charge < -0.3 is 24.5 Å². The van der Waals surface area contributed by atoms with Crippen molar-refractivity contribution in [2.24, 2.45) is 5.16 Å². The van der Waals surface area contributed by atoms with E-state index >= 15 is 0 Å². The minimum absolute atomic E-state index is 0.0139. The highest BCUT2D eigenvalue weighted by Crippen LogP contribution is 2.24. The van der Waals surface area contributed by atoms with Gasteiger partial charge in [-0.2, -0.15) is 0 Å². The van der Waals surface area contributed by atoms with Crippen molar-refractivity contribution in [3.63, 3.8) is 0 Å². The quantitative estimate of drug-likeness (QED) is 0.378. The molecule has 0 radical (unpaired) electrons. The largest absolute Gasteiger partial charge is 0.505 e. The minimum atomic E-state index is -1.02. The van der Waals surface area contributed by atoms with Crippen LogP contribution in [0.25, 0.3) is 0 Å². The van der Waals surface area contributed by atoms with E-state index in [9.17, 15) is 19.8 Å². The summed E-state index contributed by atoms with van der Waals surface area (Å²) >= 11 is 11.9. The van der Waals surface area contributed by atoms with E-state index in [1.165, 1.54) is 7.11 Å². The maximum Gasteiger partial charge on any atom is 0.377 e. The third-order valence-corrected chi connectivity index (χ3v) is 4.39. The summed E-state index contributed by atoms with van der Waals surface area (Å²) in [4.78, 5) is 27.8. The Balaban J connectivity index is 1.83. The van der Waals surface area contributed by atoms with E-state index in [0.717, 1.165) is 0 Å². The van der Waals surface area contributed by atoms with Crippen molar-refractivity contribution < 1.29 is 34.1 Å². The van der Waals surface area contributed by atoms with Gasteiger partial charge in [-0.15, -0.1) is 0 Å². The summed E-state index contributed by atoms with van der Waals surface area (Å²) in [6, 6.07) is 4.93. The third kappa shape index (κ3) is 5.51. The first-order valence-corrected chi connectivity index (χ1v) is 8.63. The van der Waals surface area contributed by atoms with Gasteiger partial charge in [0.2, 0.25) is 5.76 Å². The summed E-state index contributed by atoms with van der Waals surface area (Å²) in [5.41, 5.74) is 1.14. The molecule has 0 aliphatic carbocycles. The van der Waals surface area contributed by atoms with Crippen LogP contribution >= 0.6 is 23.2 Å². The predicted molar refractivity (Wildman–Crippen MR) is 97.0 cm³/mol. The normalized spacial score (nSPS) is 17.1. The first kappa shape index (κ1) is 20.9. The van der Waals surface area contributed by atoms with Crippen molar-refractivity contribution in [2.75, 3.05) is 13.7 Å². The summed E-state index contributed by atoms with van der Waals surface area (Å²) in [6.45, 7) is -0.0996. The molecule has 0 bridgehead atoms. The van der Waals surface area contributed by atoms with Crippen molar-refractivity contribution in [2.45, 2.75) is 25.4 Å². The molecule has 10 heteroatoms. The van der Waals surface area contributed by atoms with Crippen LogP contribution in [0, 0.1) is 0 Å². The number of esters is 2. The second-order valence-electron chi connectivity index (χ2n) is 5.49. The number of hydrogen-bond donors (Lipinski definition) is 2. The first-order valence-electron chi connectivity index (χ1n) is 7.87. The smallest absolute Gasteiger partial charge is 0.377 e. The zero-order valence-electron chi connectivity index (χ0n) is 14.3. The highest BCUT2D eigenvalue weighted by Gasteiger charge is 2.34. The molecule has 1 aliphatic heterocycles. The summed E-state index contributed by atoms with van der Waals surface area (Å²) in [5, 5.41) is 23.3. The van der Waals surface area contributed by atoms with Crippen LogP contribution in [0.4, 0.5) is 0 Å². The van der Waals surface area contributed by atoms with E-state index in [0.29, 0.717) is 21.3 Å². The highest BCUT2D eigenvalue weighted by atomic mass is 35.5. The van der Waals surface area contributed by atoms with Gasteiger partial charge in [0.15, 0.2) is 11.9 Å². The molecule has 1 aromatic carbocycles. The second-order valence-corrected chi connectivity index (χ2v) is 6.30. The molecule has 0 fully saturated rings. The number of aliphatic hydroxyl groups is 2. The van der Waals surface area contributed by atoms with Gasteiger partial charge in [0.25, 0.3) is 0 Å². The third-order valence-electron chi connectivity index (χ3n) is 3.65. The Labute approximate surface area is 164 Å². The number of cyclic esters (lactones) is 1. The van der Waals surface area contributed by atoms with E-state index in [-0.39, 0.29) is 25.9 Å². The molecule has 1 atom stereocenters. The molecule has 2 rings (SSSR count). The molecule has 1 aliphatic rings. The average molecular weight is 418 g/mol. The Morgan fingerprint density at radius 2 is 2.00 bits per heavy atom. The van der Waals surface area contributed by atoms with Gasteiger partial charge in [-0.05, 0) is 12.1 Å². The van der Waals surface area contributed by atoms with Gasteiger partial charge in [-0.25, -0.2) is 4.79 Å². The van der Waals surface area contributed by atoms with E-state index in [4.69, 9.17) is 37.5 Å². The fourth-order valence-electron chi connectivity index (χ4n) is 2.29. The van der Waals surface area contributed by atoms with Crippen LogP contribution in [0.15, 0.2) is 34.9 Å². The monoisotopic (exact) mass is 417 g/mol. The lowest BCUT2D eigenvalue weighted by Gasteiger charge is -2.11. The molecule has 8 nitrogen and oxygen atoms in total. The lowest BCUT2D eigenvalue weighted by Crippen LogP contribution is -2.17. The maximum atomic E-state index is 11.9. The van der Waals surface area contributed by atoms with Crippen LogP contribution in [0.3, 0.4) is 0 Å². The van der Waals surface area contributed by atoms with Gasteiger partial charge in [-0.3, -0.25) is 4.79 Å². The number of carbonyl (C=O) groups is 2. The van der Waals surface area contributed by atoms with E-state index in [1.807, 2.05) is 0 Å². The molecule has 146 valence electrons. The van der Waals surface area contributed by atoms with Crippen molar-refractivity contribution in [3.05, 3.63) is 45.3 Å². The van der Waals surface area contributed by atoms with Crippen LogP contribution in [-0.2, 0) is 23.9 Å². The summed E-state index contributed by atoms with van der Waals surface area (Å²) in [5.74, 6) is -2.92. The first-order chi connectivity index (χ1) is 12.8. The van der Waals surface area contributed by atoms with Crippen molar-refractivity contribution >= 4 is 40.9 Å². The molecular weight excluding hydrogens is 401 g/mol. The molecule has 1 heterocycles. The lowest BCUT2D eigenvalue weighted by molar-refractivity contribution is -0.146. The van der Waals surface area contributed by atoms with Crippen molar-refractivity contribution in [3.8, 4) is 0 Å². The average Bonchev–Trinajstić information content (AvgIpc) is 2.88. The standard InChI is InChI=1S/C17H17Cl2NO7/c1-25-20-12(9-2-3-10(18)11(19)8-9)4-5-14(21)26-7-6-13-15(22)16(23)17(24)27-13/h2-3,8,13,22-23H,4-7H2,1H3/b20-12+/t13-/m1/s1. The number of rotatable bonds is 8. The fourth-order valence-corrected chi connectivity index (χ4v) is 2.59. The Morgan fingerprint density at radius 3 is 2.59 bits per heavy atom. The lowest BCUT2D eigenvalue weighted by atomic mass is 10.1. The van der Waals surface area contributed by atoms with Gasteiger partial charge >= 0.3 is 11.9 Å². The number of benzene rings is 1. The number of nitrogens with zero attached hydrogens (tertiary/aromatic N) is 1. The minimum Gasteiger partial charge on any atom is -0.505 e. The molecule has 0 saturated carbocycles. The topological polar surface area (TPSA) is 115 Å². The zero-order chi connectivity index (χ0) is 20.0. The van der Waals surface area contributed by atoms with Gasteiger partial charge in [0.05, 0.1) is 28.8 Å². The summed E-state index contributed by atoms with van der Waals surface area (Å²) in [6.07, 6.45) is -0.749. The molecule has 0 aromatic heterocycles. The maximum absolute atomic E-state index is 11.9. The van der Waals surface area contributed by atoms with Gasteiger partial charge in [-0.1, -0.05) is 34.4 Å². The number of ether oxygens (including phenoxy) is 2. The Morgan fingerprint density at radius 1 is 1.26 bits per heavy atom. The van der Waals surface area contributed by atoms with Crippen LogP contribution < -0.4 is 0 Å². The molecular formula is C17H17Cl2NO7. The van der Waals surface area contributed by atoms with Crippen molar-refractivity contribution in [1.82, 2.24) is 0 Å². The summed E-state index contributed by atoms with van der Waals surface area (Å²) in [7, 11) is 1.38. The van der Waals surface area contributed by atoms with Crippen LogP contribution in [0.1, 0.15) is 24.8 Å². The number of oxime groups is 1. The Bertz CT molecular complexity index is 791. The van der Waals surface area contributed by atoms with Gasteiger partial charge in [0.1, 0.15) is 7.11 Å². The molecule has 0 amide bonds. The molecule has 2 N–H and O–H groups in total. The predicted octanol–water partition coefficient (Wildman–Crippen LogP) is 3.31. The van der Waals surface area contributed by atoms with Crippen LogP contribution in [0.5, 0.6) is 0 Å². The van der Waals surface area contributed by atoms with Gasteiger partial charge in [0, 0.05) is 18.4 Å². The molecule has 0 unspecified atom stereocenters. The van der Waals surface area contributed by atoms with Crippen molar-refractivity contribution in [1.29, 1.82) is 0 Å². The number of halogens is 2. The Kier molecular flexibility index (Phi) is 7.32. The van der Waals surface area contributed by atoms with E-state index in [1.54, 1.807) is 18.2 Å². The molecule has 1 aromatic rings. The molecule has 0 spiro atoms. The van der Waals surface area contributed by atoms with Crippen LogP contribution in [0.2, 0.25) is 10.0 Å². The fraction of sp³-hybridized carbons (Fsp3) is 0.353. The van der Waals surface area contributed by atoms with E-state index in [2.05, 4.69) is 5.16 Å². The Hall–Kier alpha value is -2.45. The number of carbonyl (C=O) groups excluding carboxylic acids is 2. The van der Waals surface area contributed by atoms with Crippen LogP contribution in [-0.4, -0.2) is 47.7 Å². The molecule has 0 saturated heterocycles. The SMILES string of the molecule is CO/N=C(\CCC(=O)OCC[C@H]1OC(=O)C(O)=C1O)c1ccc(Cl)c(Cl)c1. The number of aliphatic hydroxyl groups excluding tert-OH is 2. The second kappa shape index (κ2) is 9.48. The zero-order valence-corrected chi connectivity index (χ0v) is 15.8. The summed E-state index contributed by atoms with van der Waals surface area (Å²) < 4.78 is 9.75. The molecule has 27 heavy (non-hydrogen) atoms. The highest BCUT2D eigenvalue weighted by molar-refractivity contribution is 6.42.